The fourth-order valence-electron chi connectivity index (χ4n) is 2.29. The van der Waals surface area contributed by atoms with Gasteiger partial charge >= 0.3 is 0 Å². The maximum absolute atomic E-state index is 12.0. The Morgan fingerprint density at radius 2 is 2.08 bits per heavy atom. The quantitative estimate of drug-likeness (QED) is 0.720. The van der Waals surface area contributed by atoms with Gasteiger partial charge in [0.05, 0.1) is 19.1 Å². The third-order valence-electron chi connectivity index (χ3n) is 3.59. The molecule has 0 saturated carbocycles. The first-order chi connectivity index (χ1) is 11.8. The molecular formula is C17H21ClN2O4S. The molecule has 0 aliphatic heterocycles. The summed E-state index contributed by atoms with van der Waals surface area (Å²) in [6.45, 7) is 0.681. The molecule has 1 amide bonds. The van der Waals surface area contributed by atoms with Crippen molar-refractivity contribution in [1.82, 2.24) is 9.62 Å². The zero-order chi connectivity index (χ0) is 18.3. The van der Waals surface area contributed by atoms with Crippen LogP contribution in [-0.4, -0.2) is 38.0 Å². The maximum Gasteiger partial charge on any atom is 0.221 e. The fraction of sp³-hybridized carbons (Fsp3) is 0.353. The molecule has 0 spiro atoms. The summed E-state index contributed by atoms with van der Waals surface area (Å²) in [5.74, 6) is 0.335. The van der Waals surface area contributed by atoms with Gasteiger partial charge in [0.1, 0.15) is 5.76 Å². The van der Waals surface area contributed by atoms with E-state index in [1.165, 1.54) is 10.6 Å². The number of nitrogens with one attached hydrogen (secondary N) is 1. The lowest BCUT2D eigenvalue weighted by Crippen LogP contribution is -2.34. The summed E-state index contributed by atoms with van der Waals surface area (Å²) in [5, 5.41) is 3.45. The van der Waals surface area contributed by atoms with E-state index in [0.717, 1.165) is 11.8 Å². The van der Waals surface area contributed by atoms with E-state index in [4.69, 9.17) is 16.0 Å². The maximum atomic E-state index is 12.0. The topological polar surface area (TPSA) is 79.6 Å². The molecular weight excluding hydrogens is 364 g/mol. The predicted octanol–water partition coefficient (Wildman–Crippen LogP) is 2.44. The second-order valence-electron chi connectivity index (χ2n) is 5.66. The molecule has 2 rings (SSSR count). The Morgan fingerprint density at radius 1 is 1.28 bits per heavy atom. The molecule has 6 nitrogen and oxygen atoms in total. The molecule has 0 bridgehead atoms. The lowest BCUT2D eigenvalue weighted by Gasteiger charge is -2.18. The van der Waals surface area contributed by atoms with Crippen molar-refractivity contribution in [1.29, 1.82) is 0 Å². The van der Waals surface area contributed by atoms with Gasteiger partial charge in [-0.25, -0.2) is 8.42 Å². The summed E-state index contributed by atoms with van der Waals surface area (Å²) in [7, 11) is -3.43. The molecule has 0 atom stereocenters. The Hall–Kier alpha value is -1.83. The summed E-state index contributed by atoms with van der Waals surface area (Å²) >= 11 is 5.91. The number of sulfonamides is 1. The highest BCUT2D eigenvalue weighted by molar-refractivity contribution is 7.88. The van der Waals surface area contributed by atoms with Crippen LogP contribution >= 0.6 is 11.6 Å². The standard InChI is InChI=1S/C17H21ClN2O4S/c1-25(22,23)20(13-16-6-3-11-24-16)10-8-17(21)19-9-7-14-4-2-5-15(18)12-14/h2-6,11-12H,7-10,13H2,1H3,(H,19,21). The van der Waals surface area contributed by atoms with Gasteiger partial charge in [0, 0.05) is 24.5 Å². The minimum atomic E-state index is -3.43. The zero-order valence-electron chi connectivity index (χ0n) is 13.9. The van der Waals surface area contributed by atoms with Crippen LogP contribution in [0.5, 0.6) is 0 Å². The molecule has 0 radical (unpaired) electrons. The monoisotopic (exact) mass is 384 g/mol. The van der Waals surface area contributed by atoms with Gasteiger partial charge in [-0.1, -0.05) is 23.7 Å². The number of hydrogen-bond donors (Lipinski definition) is 1. The molecule has 25 heavy (non-hydrogen) atoms. The minimum absolute atomic E-state index is 0.0866. The summed E-state index contributed by atoms with van der Waals surface area (Å²) in [4.78, 5) is 12.0. The lowest BCUT2D eigenvalue weighted by atomic mass is 10.1. The molecule has 2 aromatic rings. The second-order valence-corrected chi connectivity index (χ2v) is 8.07. The summed E-state index contributed by atoms with van der Waals surface area (Å²) in [6.07, 6.45) is 3.35. The molecule has 136 valence electrons. The molecule has 0 aliphatic carbocycles. The Kier molecular flexibility index (Phi) is 7.04. The van der Waals surface area contributed by atoms with Gasteiger partial charge < -0.3 is 9.73 Å². The van der Waals surface area contributed by atoms with Crippen LogP contribution in [0.4, 0.5) is 0 Å². The third kappa shape index (κ3) is 6.89. The van der Waals surface area contributed by atoms with Crippen LogP contribution < -0.4 is 5.32 Å². The van der Waals surface area contributed by atoms with E-state index in [2.05, 4.69) is 5.32 Å². The van der Waals surface area contributed by atoms with E-state index < -0.39 is 10.0 Å². The zero-order valence-corrected chi connectivity index (χ0v) is 15.5. The van der Waals surface area contributed by atoms with Gasteiger partial charge in [0.2, 0.25) is 15.9 Å². The first-order valence-electron chi connectivity index (χ1n) is 7.83. The summed E-state index contributed by atoms with van der Waals surface area (Å²) in [6, 6.07) is 10.8. The van der Waals surface area contributed by atoms with Crippen molar-refractivity contribution >= 4 is 27.5 Å². The Balaban J connectivity index is 1.78. The number of carbonyl (C=O) groups excluding carboxylic acids is 1. The molecule has 8 heteroatoms. The van der Waals surface area contributed by atoms with Crippen molar-refractivity contribution in [2.24, 2.45) is 0 Å². The summed E-state index contributed by atoms with van der Waals surface area (Å²) in [5.41, 5.74) is 1.03. The van der Waals surface area contributed by atoms with Crippen molar-refractivity contribution in [3.05, 3.63) is 59.0 Å². The van der Waals surface area contributed by atoms with E-state index in [1.807, 2.05) is 18.2 Å². The van der Waals surface area contributed by atoms with E-state index in [1.54, 1.807) is 18.2 Å². The average Bonchev–Trinajstić information content (AvgIpc) is 3.03. The highest BCUT2D eigenvalue weighted by Crippen LogP contribution is 2.11. The average molecular weight is 385 g/mol. The van der Waals surface area contributed by atoms with Crippen LogP contribution in [-0.2, 0) is 27.8 Å². The molecule has 0 unspecified atom stereocenters. The molecule has 1 N–H and O–H groups in total. The van der Waals surface area contributed by atoms with Crippen LogP contribution in [0.25, 0.3) is 0 Å². The van der Waals surface area contributed by atoms with Gasteiger partial charge in [-0.2, -0.15) is 4.31 Å². The van der Waals surface area contributed by atoms with Crippen LogP contribution in [0.3, 0.4) is 0 Å². The van der Waals surface area contributed by atoms with Gasteiger partial charge in [0.15, 0.2) is 0 Å². The molecule has 0 fully saturated rings. The number of rotatable bonds is 9. The number of amides is 1. The van der Waals surface area contributed by atoms with Gasteiger partial charge in [0.25, 0.3) is 0 Å². The minimum Gasteiger partial charge on any atom is -0.468 e. The van der Waals surface area contributed by atoms with Gasteiger partial charge in [-0.3, -0.25) is 4.79 Å². The second kappa shape index (κ2) is 9.03. The number of benzene rings is 1. The number of hydrogen-bond acceptors (Lipinski definition) is 4. The fourth-order valence-corrected chi connectivity index (χ4v) is 3.29. The predicted molar refractivity (Wildman–Crippen MR) is 96.7 cm³/mol. The Bertz CT molecular complexity index is 791. The number of halogens is 1. The molecule has 1 aromatic carbocycles. The third-order valence-corrected chi connectivity index (χ3v) is 5.08. The van der Waals surface area contributed by atoms with Crippen LogP contribution in [0.15, 0.2) is 47.1 Å². The van der Waals surface area contributed by atoms with Gasteiger partial charge in [-0.05, 0) is 36.2 Å². The number of nitrogens with zero attached hydrogens (tertiary/aromatic N) is 1. The molecule has 1 heterocycles. The van der Waals surface area contributed by atoms with Crippen molar-refractivity contribution in [2.75, 3.05) is 19.3 Å². The highest BCUT2D eigenvalue weighted by Gasteiger charge is 2.19. The Labute approximate surface area is 152 Å². The van der Waals surface area contributed by atoms with Crippen LogP contribution in [0.2, 0.25) is 5.02 Å². The van der Waals surface area contributed by atoms with E-state index in [0.29, 0.717) is 23.7 Å². The molecule has 0 aliphatic rings. The largest absolute Gasteiger partial charge is 0.468 e. The Morgan fingerprint density at radius 3 is 2.72 bits per heavy atom. The van der Waals surface area contributed by atoms with Crippen LogP contribution in [0, 0.1) is 0 Å². The van der Waals surface area contributed by atoms with Gasteiger partial charge in [-0.15, -0.1) is 0 Å². The molecule has 1 aromatic heterocycles. The number of furan rings is 1. The normalized spacial score (nSPS) is 11.6. The van der Waals surface area contributed by atoms with Crippen molar-refractivity contribution < 1.29 is 17.6 Å². The molecule has 0 saturated heterocycles. The van der Waals surface area contributed by atoms with E-state index in [-0.39, 0.29) is 25.4 Å². The first-order valence-corrected chi connectivity index (χ1v) is 10.1. The lowest BCUT2D eigenvalue weighted by molar-refractivity contribution is -0.121. The van der Waals surface area contributed by atoms with E-state index >= 15 is 0 Å². The van der Waals surface area contributed by atoms with Crippen molar-refractivity contribution in [2.45, 2.75) is 19.4 Å². The number of carbonyl (C=O) groups is 1. The summed E-state index contributed by atoms with van der Waals surface area (Å²) < 4.78 is 30.1. The smallest absolute Gasteiger partial charge is 0.221 e. The first kappa shape index (κ1) is 19.5. The van der Waals surface area contributed by atoms with Crippen LogP contribution in [0.1, 0.15) is 17.7 Å². The van der Waals surface area contributed by atoms with E-state index in [9.17, 15) is 13.2 Å². The van der Waals surface area contributed by atoms with Crippen molar-refractivity contribution in [3.63, 3.8) is 0 Å². The SMILES string of the molecule is CS(=O)(=O)N(CCC(=O)NCCc1cccc(Cl)c1)Cc1ccco1. The van der Waals surface area contributed by atoms with Crippen molar-refractivity contribution in [3.8, 4) is 0 Å². The highest BCUT2D eigenvalue weighted by atomic mass is 35.5.